The van der Waals surface area contributed by atoms with Crippen LogP contribution in [-0.4, -0.2) is 147 Å². The van der Waals surface area contributed by atoms with Crippen molar-refractivity contribution in [2.75, 3.05) is 70.3 Å². The predicted molar refractivity (Wildman–Crippen MR) is 299 cm³/mol. The number of ether oxygens (including phenoxy) is 3. The number of carbonyl (C=O) groups excluding carboxylic acids is 9. The third-order valence-corrected chi connectivity index (χ3v) is 15.7. The van der Waals surface area contributed by atoms with E-state index < -0.39 is 29.7 Å². The van der Waals surface area contributed by atoms with Gasteiger partial charge in [0.2, 0.25) is 29.5 Å². The number of amides is 9. The molecule has 3 aliphatic heterocycles. The largest absolute Gasteiger partial charge is 0.379 e. The smallest absolute Gasteiger partial charge is 0.333 e. The lowest BCUT2D eigenvalue weighted by molar-refractivity contribution is -0.197. The van der Waals surface area contributed by atoms with Crippen molar-refractivity contribution < 1.29 is 62.2 Å². The zero-order chi connectivity index (χ0) is 55.9. The van der Waals surface area contributed by atoms with Crippen molar-refractivity contribution in [2.24, 2.45) is 0 Å². The normalized spacial score (nSPS) is 17.2. The molecule has 22 heteroatoms. The second-order valence-corrected chi connectivity index (χ2v) is 21.5. The number of nitrogens with one attached hydrogen (secondary N) is 7. The van der Waals surface area contributed by atoms with Crippen LogP contribution in [0.5, 0.6) is 0 Å². The van der Waals surface area contributed by atoms with Crippen LogP contribution in [0.2, 0.25) is 0 Å². The van der Waals surface area contributed by atoms with Gasteiger partial charge in [0.05, 0.1) is 38.5 Å². The fraction of sp³-hybridized carbons (Fsp3) is 0.561. The Bertz CT molecular complexity index is 2750. The van der Waals surface area contributed by atoms with Crippen molar-refractivity contribution in [1.82, 2.24) is 37.0 Å². The number of thioether (sulfide) groups is 1. The Morgan fingerprint density at radius 1 is 0.633 bits per heavy atom. The molecule has 21 nitrogen and oxygen atoms in total. The van der Waals surface area contributed by atoms with Gasteiger partial charge >= 0.3 is 12.0 Å². The highest BCUT2D eigenvalue weighted by Crippen LogP contribution is 2.39. The second kappa shape index (κ2) is 31.2. The van der Waals surface area contributed by atoms with Crippen LogP contribution in [0.15, 0.2) is 48.5 Å². The van der Waals surface area contributed by atoms with Gasteiger partial charge in [0.15, 0.2) is 0 Å². The van der Waals surface area contributed by atoms with Crippen LogP contribution in [-0.2, 0) is 63.8 Å². The third kappa shape index (κ3) is 18.5. The van der Waals surface area contributed by atoms with Crippen LogP contribution >= 0.6 is 11.8 Å². The summed E-state index contributed by atoms with van der Waals surface area (Å²) in [6, 6.07) is 16.0. The minimum absolute atomic E-state index is 0.0291. The highest BCUT2D eigenvalue weighted by atomic mass is 32.2. The van der Waals surface area contributed by atoms with Crippen LogP contribution in [0, 0.1) is 0 Å². The number of hydrogen-bond donors (Lipinski definition) is 7. The summed E-state index contributed by atoms with van der Waals surface area (Å²) in [4.78, 5) is 116. The van der Waals surface area contributed by atoms with Crippen LogP contribution in [0.25, 0.3) is 32.3 Å². The number of benzene rings is 4. The van der Waals surface area contributed by atoms with E-state index in [0.717, 1.165) is 68.6 Å². The van der Waals surface area contributed by atoms with Crippen LogP contribution in [0.3, 0.4) is 0 Å². The molecular weight excluding hydrogens is 1040 g/mol. The molecule has 0 spiro atoms. The molecule has 0 saturated carbocycles. The van der Waals surface area contributed by atoms with Gasteiger partial charge in [-0.05, 0) is 103 Å². The summed E-state index contributed by atoms with van der Waals surface area (Å²) in [6.07, 6.45) is 7.18. The molecule has 0 aliphatic carbocycles. The lowest BCUT2D eigenvalue weighted by atomic mass is 9.90. The van der Waals surface area contributed by atoms with E-state index in [2.05, 4.69) is 67.5 Å². The number of rotatable bonds is 36. The maximum atomic E-state index is 13.4. The van der Waals surface area contributed by atoms with Gasteiger partial charge in [-0.15, -0.1) is 5.06 Å². The first-order chi connectivity index (χ1) is 38.3. The summed E-state index contributed by atoms with van der Waals surface area (Å²) in [5, 5.41) is 27.9. The van der Waals surface area contributed by atoms with Crippen molar-refractivity contribution in [2.45, 2.75) is 139 Å². The first kappa shape index (κ1) is 60.0. The number of anilines is 1. The molecule has 79 heavy (non-hydrogen) atoms. The SMILES string of the molecule is CC(=O)Nc1ccc2ccc3c(CCCC(=O)NCCCC[C@H](NC(=O)CCCC(=O)ON4C(=O)CCC4=O)C(=O)NCCCOCCOCCOCCCNC(=O)CCCC[C@@H]4SC[C@@H]5NC(=O)N[C@@H]54)ccc4ccc1c2c43. The summed E-state index contributed by atoms with van der Waals surface area (Å²) in [6.45, 7) is 5.12. The fourth-order valence-electron chi connectivity index (χ4n) is 10.2. The number of aryl methyl sites for hydroxylation is 1. The maximum absolute atomic E-state index is 13.4. The number of fused-ring (bicyclic) bond motifs is 1. The lowest BCUT2D eigenvalue weighted by Crippen LogP contribution is -2.47. The molecule has 3 heterocycles. The average molecular weight is 1110 g/mol. The van der Waals surface area contributed by atoms with Crippen molar-refractivity contribution in [1.29, 1.82) is 0 Å². The highest BCUT2D eigenvalue weighted by molar-refractivity contribution is 8.00. The van der Waals surface area contributed by atoms with Gasteiger partial charge in [0.1, 0.15) is 6.04 Å². The molecule has 7 rings (SSSR count). The standard InChI is InChI=1S/C57H76N8O13S/c1-37(66)61-43-24-21-40-19-22-41-38(17-18-39-20-23-42(43)54(40)53(39)41)10-6-14-48(68)58-27-5-4-11-44(62-49(69)15-7-16-52(72)78-65-50(70)25-26-51(65)71)56(73)60-29-9-31-76-33-35-77-34-32-75-30-8-28-59-47(67)13-3-2-12-46-55-45(36-79-46)63-57(74)64-55/h17-24,44-46,55H,2-16,25-36H2,1H3,(H,58,68)(H,59,67)(H,60,73)(H,61,66)(H,62,69)(H2,63,64,74)/t44-,45-,46-,55-/m0/s1. The predicted octanol–water partition coefficient (Wildman–Crippen LogP) is 5.20. The van der Waals surface area contributed by atoms with E-state index in [9.17, 15) is 43.2 Å². The van der Waals surface area contributed by atoms with Crippen molar-refractivity contribution >= 4 is 103 Å². The molecule has 3 aliphatic rings. The van der Waals surface area contributed by atoms with Gasteiger partial charge in [-0.25, -0.2) is 9.59 Å². The number of nitrogens with zero attached hydrogens (tertiary/aromatic N) is 1. The molecule has 4 atom stereocenters. The van der Waals surface area contributed by atoms with Crippen LogP contribution in [0.4, 0.5) is 10.5 Å². The molecule has 428 valence electrons. The first-order valence-corrected chi connectivity index (χ1v) is 29.0. The van der Waals surface area contributed by atoms with E-state index in [1.807, 2.05) is 30.0 Å². The summed E-state index contributed by atoms with van der Waals surface area (Å²) >= 11 is 1.88. The molecular formula is C57H76N8O13S. The van der Waals surface area contributed by atoms with Crippen LogP contribution in [0.1, 0.15) is 115 Å². The molecule has 0 unspecified atom stereocenters. The Balaban J connectivity index is 0.734. The van der Waals surface area contributed by atoms with E-state index in [1.165, 1.54) is 6.92 Å². The molecule has 0 bridgehead atoms. The first-order valence-electron chi connectivity index (χ1n) is 27.9. The van der Waals surface area contributed by atoms with Crippen molar-refractivity contribution in [3.8, 4) is 0 Å². The number of carbonyl (C=O) groups is 9. The molecule has 3 fully saturated rings. The number of urea groups is 1. The number of hydrogen-bond acceptors (Lipinski definition) is 14. The van der Waals surface area contributed by atoms with E-state index in [0.29, 0.717) is 127 Å². The molecule has 7 N–H and O–H groups in total. The van der Waals surface area contributed by atoms with E-state index in [-0.39, 0.29) is 73.8 Å². The minimum atomic E-state index is -0.875. The molecule has 4 aromatic rings. The minimum Gasteiger partial charge on any atom is -0.379 e. The van der Waals surface area contributed by atoms with Crippen molar-refractivity contribution in [3.63, 3.8) is 0 Å². The number of imide groups is 1. The monoisotopic (exact) mass is 1110 g/mol. The average Bonchev–Trinajstić information content (AvgIpc) is 4.13. The number of unbranched alkanes of at least 4 members (excludes halogenated alkanes) is 2. The second-order valence-electron chi connectivity index (χ2n) is 20.2. The Morgan fingerprint density at radius 3 is 1.95 bits per heavy atom. The fourth-order valence-corrected chi connectivity index (χ4v) is 11.7. The van der Waals surface area contributed by atoms with Crippen molar-refractivity contribution in [3.05, 3.63) is 54.1 Å². The van der Waals surface area contributed by atoms with Gasteiger partial charge in [0, 0.05) is 100 Å². The van der Waals surface area contributed by atoms with Gasteiger partial charge < -0.3 is 56.3 Å². The Hall–Kier alpha value is -6.62. The third-order valence-electron chi connectivity index (χ3n) is 14.2. The Morgan fingerprint density at radius 2 is 1.24 bits per heavy atom. The summed E-state index contributed by atoms with van der Waals surface area (Å²) in [5.74, 6) is -2.08. The van der Waals surface area contributed by atoms with Crippen LogP contribution < -0.4 is 37.2 Å². The molecule has 0 radical (unpaired) electrons. The van der Waals surface area contributed by atoms with Gasteiger partial charge in [-0.1, -0.05) is 48.9 Å². The maximum Gasteiger partial charge on any atom is 0.333 e. The van der Waals surface area contributed by atoms with E-state index in [1.54, 1.807) is 0 Å². The lowest BCUT2D eigenvalue weighted by Gasteiger charge is -2.19. The summed E-state index contributed by atoms with van der Waals surface area (Å²) in [5.41, 5.74) is 1.91. The van der Waals surface area contributed by atoms with E-state index >= 15 is 0 Å². The quantitative estimate of drug-likeness (QED) is 0.0134. The zero-order valence-corrected chi connectivity index (χ0v) is 46.0. The van der Waals surface area contributed by atoms with Gasteiger partial charge in [-0.3, -0.25) is 33.6 Å². The Labute approximate surface area is 464 Å². The molecule has 0 aromatic heterocycles. The summed E-state index contributed by atoms with van der Waals surface area (Å²) < 4.78 is 16.9. The molecule has 3 saturated heterocycles. The topological polar surface area (TPSA) is 278 Å². The molecule has 9 amide bonds. The van der Waals surface area contributed by atoms with Gasteiger partial charge in [0.25, 0.3) is 11.8 Å². The van der Waals surface area contributed by atoms with Gasteiger partial charge in [-0.2, -0.15) is 11.8 Å². The zero-order valence-electron chi connectivity index (χ0n) is 45.2. The Kier molecular flexibility index (Phi) is 23.7. The number of hydroxylamine groups is 2. The summed E-state index contributed by atoms with van der Waals surface area (Å²) in [7, 11) is 0. The van der Waals surface area contributed by atoms with E-state index in [4.69, 9.17) is 19.0 Å². The molecule has 4 aromatic carbocycles. The highest BCUT2D eigenvalue weighted by Gasteiger charge is 2.42.